The number of alkyl halides is 2. The molecule has 0 aliphatic heterocycles. The van der Waals surface area contributed by atoms with Gasteiger partial charge in [0.25, 0.3) is 5.92 Å². The molecule has 12 heavy (non-hydrogen) atoms. The van der Waals surface area contributed by atoms with E-state index in [2.05, 4.69) is 0 Å². The first-order chi connectivity index (χ1) is 5.41. The predicted molar refractivity (Wildman–Crippen MR) is 40.7 cm³/mol. The number of benzene rings is 1. The molecule has 0 saturated heterocycles. The smallest absolute Gasteiger partial charge is 0.207 e. The van der Waals surface area contributed by atoms with Crippen LogP contribution in [0.2, 0.25) is 0 Å². The lowest BCUT2D eigenvalue weighted by Crippen LogP contribution is -2.09. The van der Waals surface area contributed by atoms with Crippen LogP contribution >= 0.6 is 0 Å². The Hall–Kier alpha value is -0.990. The van der Waals surface area contributed by atoms with Gasteiger partial charge in [0.05, 0.1) is 0 Å². The van der Waals surface area contributed by atoms with E-state index >= 15 is 0 Å². The molecule has 0 aliphatic carbocycles. The van der Waals surface area contributed by atoms with Crippen LogP contribution in [0.1, 0.15) is 18.1 Å². The Labute approximate surface area is 69.0 Å². The van der Waals surface area contributed by atoms with E-state index in [0.29, 0.717) is 5.56 Å². The van der Waals surface area contributed by atoms with Crippen LogP contribution in [-0.4, -0.2) is 0 Å². The van der Waals surface area contributed by atoms with Gasteiger partial charge >= 0.3 is 0 Å². The second-order valence-corrected chi connectivity index (χ2v) is 2.85. The molecule has 0 fully saturated rings. The average molecular weight is 174 g/mol. The molecular formula is C9H9F3. The third kappa shape index (κ3) is 1.78. The van der Waals surface area contributed by atoms with E-state index in [1.165, 1.54) is 19.1 Å². The molecule has 66 valence electrons. The highest BCUT2D eigenvalue weighted by Crippen LogP contribution is 2.29. The molecule has 1 rings (SSSR count). The van der Waals surface area contributed by atoms with Crippen molar-refractivity contribution in [1.82, 2.24) is 0 Å². The second-order valence-electron chi connectivity index (χ2n) is 2.85. The Morgan fingerprint density at radius 2 is 1.83 bits per heavy atom. The molecule has 0 heterocycles. The molecule has 0 spiro atoms. The number of aryl methyl sites for hydroxylation is 1. The van der Waals surface area contributed by atoms with E-state index in [1.807, 2.05) is 0 Å². The van der Waals surface area contributed by atoms with Crippen molar-refractivity contribution in [3.63, 3.8) is 0 Å². The van der Waals surface area contributed by atoms with Crippen molar-refractivity contribution in [2.45, 2.75) is 19.8 Å². The van der Waals surface area contributed by atoms with Crippen LogP contribution in [0.25, 0.3) is 0 Å². The Morgan fingerprint density at radius 3 is 2.25 bits per heavy atom. The lowest BCUT2D eigenvalue weighted by atomic mass is 10.0. The van der Waals surface area contributed by atoms with E-state index in [0.717, 1.165) is 13.0 Å². The van der Waals surface area contributed by atoms with Crippen LogP contribution < -0.4 is 0 Å². The Balaban J connectivity index is 3.23. The van der Waals surface area contributed by atoms with Gasteiger partial charge in [-0.05, 0) is 24.6 Å². The van der Waals surface area contributed by atoms with Gasteiger partial charge in [-0.1, -0.05) is 6.07 Å². The van der Waals surface area contributed by atoms with Gasteiger partial charge in [-0.15, -0.1) is 0 Å². The predicted octanol–water partition coefficient (Wildman–Crippen LogP) is 3.25. The average Bonchev–Trinajstić information content (AvgIpc) is 1.92. The first-order valence-electron chi connectivity index (χ1n) is 3.55. The fraction of sp³-hybridized carbons (Fsp3) is 0.333. The van der Waals surface area contributed by atoms with Crippen molar-refractivity contribution in [2.75, 3.05) is 0 Å². The summed E-state index contributed by atoms with van der Waals surface area (Å²) in [6, 6.07) is 3.39. The van der Waals surface area contributed by atoms with Gasteiger partial charge < -0.3 is 0 Å². The molecule has 0 aromatic heterocycles. The normalized spacial score (nSPS) is 11.8. The summed E-state index contributed by atoms with van der Waals surface area (Å²) >= 11 is 0. The SMILES string of the molecule is Cc1ccc(F)cc1C(C)(F)F. The largest absolute Gasteiger partial charge is 0.270 e. The highest BCUT2D eigenvalue weighted by atomic mass is 19.3. The van der Waals surface area contributed by atoms with E-state index in [1.54, 1.807) is 0 Å². The first kappa shape index (κ1) is 9.10. The number of hydrogen-bond donors (Lipinski definition) is 0. The Morgan fingerprint density at radius 1 is 1.25 bits per heavy atom. The summed E-state index contributed by atoms with van der Waals surface area (Å²) in [5.41, 5.74) is 0.159. The number of rotatable bonds is 1. The molecule has 0 unspecified atom stereocenters. The van der Waals surface area contributed by atoms with Gasteiger partial charge in [0.15, 0.2) is 0 Å². The maximum absolute atomic E-state index is 12.7. The first-order valence-corrected chi connectivity index (χ1v) is 3.55. The fourth-order valence-electron chi connectivity index (χ4n) is 1.07. The summed E-state index contributed by atoms with van der Waals surface area (Å²) in [5, 5.41) is 0. The van der Waals surface area contributed by atoms with Crippen LogP contribution in [0.5, 0.6) is 0 Å². The van der Waals surface area contributed by atoms with Crippen LogP contribution in [-0.2, 0) is 5.92 Å². The zero-order valence-electron chi connectivity index (χ0n) is 6.87. The van der Waals surface area contributed by atoms with E-state index in [9.17, 15) is 13.2 Å². The molecule has 0 amide bonds. The van der Waals surface area contributed by atoms with E-state index < -0.39 is 11.7 Å². The zero-order chi connectivity index (χ0) is 9.35. The third-order valence-electron chi connectivity index (χ3n) is 1.67. The summed E-state index contributed by atoms with van der Waals surface area (Å²) in [4.78, 5) is 0. The van der Waals surface area contributed by atoms with Crippen molar-refractivity contribution >= 4 is 0 Å². The molecular weight excluding hydrogens is 165 g/mol. The molecule has 0 atom stereocenters. The van der Waals surface area contributed by atoms with Gasteiger partial charge in [-0.2, -0.15) is 0 Å². The number of halogens is 3. The molecule has 0 nitrogen and oxygen atoms in total. The van der Waals surface area contributed by atoms with Gasteiger partial charge in [0, 0.05) is 12.5 Å². The van der Waals surface area contributed by atoms with Crippen molar-refractivity contribution in [3.05, 3.63) is 35.1 Å². The minimum absolute atomic E-state index is 0.248. The molecule has 0 radical (unpaired) electrons. The second kappa shape index (κ2) is 2.81. The highest BCUT2D eigenvalue weighted by molar-refractivity contribution is 5.29. The van der Waals surface area contributed by atoms with Gasteiger partial charge in [-0.3, -0.25) is 0 Å². The van der Waals surface area contributed by atoms with Crippen molar-refractivity contribution in [3.8, 4) is 0 Å². The lowest BCUT2D eigenvalue weighted by molar-refractivity contribution is 0.0165. The molecule has 3 heteroatoms. The maximum Gasteiger partial charge on any atom is 0.270 e. The Bertz CT molecular complexity index is 286. The molecule has 0 aliphatic rings. The Kier molecular flexibility index (Phi) is 2.13. The van der Waals surface area contributed by atoms with Gasteiger partial charge in [0.2, 0.25) is 0 Å². The highest BCUT2D eigenvalue weighted by Gasteiger charge is 2.26. The molecule has 1 aromatic rings. The minimum atomic E-state index is -2.97. The summed E-state index contributed by atoms with van der Waals surface area (Å²) in [7, 11) is 0. The molecule has 1 aromatic carbocycles. The zero-order valence-corrected chi connectivity index (χ0v) is 6.87. The van der Waals surface area contributed by atoms with Crippen LogP contribution in [0.15, 0.2) is 18.2 Å². The quantitative estimate of drug-likeness (QED) is 0.613. The third-order valence-corrected chi connectivity index (χ3v) is 1.67. The maximum atomic E-state index is 12.7. The van der Waals surface area contributed by atoms with Crippen LogP contribution in [0, 0.1) is 12.7 Å². The monoisotopic (exact) mass is 174 g/mol. The van der Waals surface area contributed by atoms with Crippen molar-refractivity contribution < 1.29 is 13.2 Å². The summed E-state index contributed by atoms with van der Waals surface area (Å²) in [5.74, 6) is -3.59. The standard InChI is InChI=1S/C9H9F3/c1-6-3-4-7(10)5-8(6)9(2,11)12/h3-5H,1-2H3. The van der Waals surface area contributed by atoms with Crippen molar-refractivity contribution in [2.24, 2.45) is 0 Å². The summed E-state index contributed by atoms with van der Waals surface area (Å²) in [6.45, 7) is 2.29. The van der Waals surface area contributed by atoms with E-state index in [4.69, 9.17) is 0 Å². The number of hydrogen-bond acceptors (Lipinski definition) is 0. The summed E-state index contributed by atoms with van der Waals surface area (Å²) < 4.78 is 38.0. The topological polar surface area (TPSA) is 0 Å². The molecule has 0 bridgehead atoms. The molecule has 0 N–H and O–H groups in total. The van der Waals surface area contributed by atoms with Gasteiger partial charge in [0.1, 0.15) is 5.82 Å². The van der Waals surface area contributed by atoms with Crippen molar-refractivity contribution in [1.29, 1.82) is 0 Å². The van der Waals surface area contributed by atoms with E-state index in [-0.39, 0.29) is 5.56 Å². The minimum Gasteiger partial charge on any atom is -0.207 e. The van der Waals surface area contributed by atoms with Gasteiger partial charge in [-0.25, -0.2) is 13.2 Å². The molecule has 0 saturated carbocycles. The van der Waals surface area contributed by atoms with Crippen LogP contribution in [0.4, 0.5) is 13.2 Å². The summed E-state index contributed by atoms with van der Waals surface area (Å²) in [6.07, 6.45) is 0. The lowest BCUT2D eigenvalue weighted by Gasteiger charge is -2.13. The fourth-order valence-corrected chi connectivity index (χ4v) is 1.07. The van der Waals surface area contributed by atoms with Crippen LogP contribution in [0.3, 0.4) is 0 Å².